The van der Waals surface area contributed by atoms with E-state index in [1.54, 1.807) is 0 Å². The van der Waals surface area contributed by atoms with Gasteiger partial charge in [-0.05, 0) is 6.92 Å². The van der Waals surface area contributed by atoms with Gasteiger partial charge in [-0.25, -0.2) is 8.42 Å². The Bertz CT molecular complexity index is 458. The molecule has 0 aliphatic rings. The molecule has 0 saturated carbocycles. The summed E-state index contributed by atoms with van der Waals surface area (Å²) in [4.78, 5) is 21.9. The summed E-state index contributed by atoms with van der Waals surface area (Å²) in [6.07, 6.45) is 0. The van der Waals surface area contributed by atoms with Crippen LogP contribution in [0.2, 0.25) is 0 Å². The highest BCUT2D eigenvalue weighted by atomic mass is 79.9. The van der Waals surface area contributed by atoms with Gasteiger partial charge in [0.1, 0.15) is 0 Å². The molecule has 0 bridgehead atoms. The van der Waals surface area contributed by atoms with Crippen LogP contribution in [0.1, 0.15) is 6.92 Å². The molecule has 0 aromatic carbocycles. The number of carboxylic acids is 1. The van der Waals surface area contributed by atoms with Crippen LogP contribution >= 0.6 is 15.9 Å². The maximum absolute atomic E-state index is 12.3. The molecule has 0 N–H and O–H groups in total. The van der Waals surface area contributed by atoms with Crippen LogP contribution in [-0.4, -0.2) is 42.5 Å². The number of aliphatic carboxylic acids is 1. The second-order valence-electron chi connectivity index (χ2n) is 3.12. The largest absolute Gasteiger partial charge is 0.548 e. The van der Waals surface area contributed by atoms with Gasteiger partial charge >= 0.3 is 11.5 Å². The SMILES string of the molecule is COC(=O)C(Br)(C(=O)[O-])C(C)S(=O)(=O)C(F)(F)F. The van der Waals surface area contributed by atoms with E-state index < -0.39 is 36.9 Å². The van der Waals surface area contributed by atoms with Gasteiger partial charge in [0.05, 0.1) is 18.3 Å². The van der Waals surface area contributed by atoms with Gasteiger partial charge in [0, 0.05) is 0 Å². The van der Waals surface area contributed by atoms with Crippen LogP contribution in [-0.2, 0) is 24.2 Å². The van der Waals surface area contributed by atoms with Crippen LogP contribution in [0.15, 0.2) is 0 Å². The number of ether oxygens (including phenoxy) is 1. The van der Waals surface area contributed by atoms with Crippen molar-refractivity contribution in [3.05, 3.63) is 0 Å². The average molecular weight is 356 g/mol. The highest BCUT2D eigenvalue weighted by Gasteiger charge is 2.59. The lowest BCUT2D eigenvalue weighted by Crippen LogP contribution is -2.60. The molecular formula is C7H7BrF3O6S-. The smallest absolute Gasteiger partial charge is 0.497 e. The molecule has 18 heavy (non-hydrogen) atoms. The Kier molecular flexibility index (Phi) is 4.80. The number of rotatable bonds is 4. The van der Waals surface area contributed by atoms with Gasteiger partial charge in [-0.15, -0.1) is 0 Å². The zero-order valence-corrected chi connectivity index (χ0v) is 11.3. The van der Waals surface area contributed by atoms with E-state index in [9.17, 15) is 36.3 Å². The molecule has 0 rings (SSSR count). The van der Waals surface area contributed by atoms with Gasteiger partial charge in [0.2, 0.25) is 0 Å². The highest BCUT2D eigenvalue weighted by molar-refractivity contribution is 9.10. The Hall–Kier alpha value is -0.840. The van der Waals surface area contributed by atoms with Crippen LogP contribution in [0.5, 0.6) is 0 Å². The number of carbonyl (C=O) groups excluding carboxylic acids is 2. The lowest BCUT2D eigenvalue weighted by molar-refractivity contribution is -0.308. The zero-order chi connectivity index (χ0) is 14.9. The zero-order valence-electron chi connectivity index (χ0n) is 8.95. The topological polar surface area (TPSA) is 101 Å². The number of carbonyl (C=O) groups is 2. The molecule has 0 spiro atoms. The van der Waals surface area contributed by atoms with E-state index in [0.717, 1.165) is 0 Å². The average Bonchev–Trinajstić information content (AvgIpc) is 2.23. The van der Waals surface area contributed by atoms with Crippen LogP contribution in [0, 0.1) is 0 Å². The second-order valence-corrected chi connectivity index (χ2v) is 6.63. The summed E-state index contributed by atoms with van der Waals surface area (Å²) in [5.74, 6) is -4.07. The molecule has 2 unspecified atom stereocenters. The number of alkyl halides is 4. The quantitative estimate of drug-likeness (QED) is 0.378. The van der Waals surface area contributed by atoms with E-state index in [1.165, 1.54) is 0 Å². The van der Waals surface area contributed by atoms with Crippen LogP contribution in [0.25, 0.3) is 0 Å². The molecular weight excluding hydrogens is 349 g/mol. The van der Waals surface area contributed by atoms with Crippen molar-refractivity contribution in [3.8, 4) is 0 Å². The van der Waals surface area contributed by atoms with E-state index in [1.807, 2.05) is 0 Å². The maximum Gasteiger partial charge on any atom is 0.497 e. The Balaban J connectivity index is 5.87. The fourth-order valence-electron chi connectivity index (χ4n) is 0.978. The molecule has 106 valence electrons. The third kappa shape index (κ3) is 2.60. The number of carboxylic acid groups (broad SMARTS) is 1. The van der Waals surface area contributed by atoms with Crippen molar-refractivity contribution in [2.24, 2.45) is 0 Å². The predicted octanol–water partition coefficient (Wildman–Crippen LogP) is -0.634. The van der Waals surface area contributed by atoms with Crippen LogP contribution in [0.3, 0.4) is 0 Å². The summed E-state index contributed by atoms with van der Waals surface area (Å²) in [6.45, 7) is 0.407. The highest BCUT2D eigenvalue weighted by Crippen LogP contribution is 2.36. The van der Waals surface area contributed by atoms with Crippen molar-refractivity contribution in [3.63, 3.8) is 0 Å². The van der Waals surface area contributed by atoms with Crippen molar-refractivity contribution in [1.82, 2.24) is 0 Å². The standard InChI is InChI=1S/C7H8BrF3O6S/c1-3(18(15,16)7(9,10)11)6(8,4(12)13)5(14)17-2/h3H,1-2H3,(H,12,13)/p-1. The number of methoxy groups -OCH3 is 1. The van der Waals surface area contributed by atoms with E-state index in [-0.39, 0.29) is 0 Å². The third-order valence-electron chi connectivity index (χ3n) is 2.13. The molecule has 0 fully saturated rings. The Labute approximate surface area is 108 Å². The molecule has 11 heteroatoms. The summed E-state index contributed by atoms with van der Waals surface area (Å²) in [5, 5.41) is 8.08. The normalized spacial score (nSPS) is 17.7. The summed E-state index contributed by atoms with van der Waals surface area (Å²) in [7, 11) is -5.21. The van der Waals surface area contributed by atoms with E-state index in [0.29, 0.717) is 14.0 Å². The van der Waals surface area contributed by atoms with Gasteiger partial charge in [0.15, 0.2) is 4.32 Å². The van der Waals surface area contributed by atoms with Crippen molar-refractivity contribution in [2.45, 2.75) is 22.0 Å². The van der Waals surface area contributed by atoms with E-state index in [2.05, 4.69) is 20.7 Å². The first-order valence-electron chi connectivity index (χ1n) is 4.12. The molecule has 0 aromatic heterocycles. The van der Waals surface area contributed by atoms with Crippen molar-refractivity contribution in [2.75, 3.05) is 7.11 Å². The van der Waals surface area contributed by atoms with Gasteiger partial charge in [-0.2, -0.15) is 13.2 Å². The van der Waals surface area contributed by atoms with Crippen LogP contribution < -0.4 is 5.11 Å². The molecule has 6 nitrogen and oxygen atoms in total. The fraction of sp³-hybridized carbons (Fsp3) is 0.714. The first-order chi connectivity index (χ1) is 7.83. The first-order valence-corrected chi connectivity index (χ1v) is 6.46. The summed E-state index contributed by atoms with van der Waals surface area (Å²) in [5.41, 5.74) is -5.71. The van der Waals surface area contributed by atoms with Gasteiger partial charge < -0.3 is 14.6 Å². The predicted molar refractivity (Wildman–Crippen MR) is 53.1 cm³/mol. The Morgan fingerprint density at radius 3 is 1.94 bits per heavy atom. The van der Waals surface area contributed by atoms with Gasteiger partial charge in [-0.3, -0.25) is 4.79 Å². The van der Waals surface area contributed by atoms with Gasteiger partial charge in [0.25, 0.3) is 9.84 Å². The number of hydrogen-bond acceptors (Lipinski definition) is 6. The molecule has 0 aliphatic carbocycles. The minimum absolute atomic E-state index is 0.407. The summed E-state index contributed by atoms with van der Waals surface area (Å²) in [6, 6.07) is 0. The Morgan fingerprint density at radius 1 is 1.33 bits per heavy atom. The molecule has 2 atom stereocenters. The van der Waals surface area contributed by atoms with Gasteiger partial charge in [-0.1, -0.05) is 15.9 Å². The minimum Gasteiger partial charge on any atom is -0.548 e. The molecule has 0 amide bonds. The molecule has 0 radical (unpaired) electrons. The van der Waals surface area contributed by atoms with Crippen molar-refractivity contribution in [1.29, 1.82) is 0 Å². The van der Waals surface area contributed by atoms with Crippen molar-refractivity contribution >= 4 is 37.7 Å². The minimum atomic E-state index is -5.90. The monoisotopic (exact) mass is 355 g/mol. The van der Waals surface area contributed by atoms with E-state index >= 15 is 0 Å². The molecule has 0 heterocycles. The maximum atomic E-state index is 12.3. The molecule has 0 aliphatic heterocycles. The van der Waals surface area contributed by atoms with Crippen LogP contribution in [0.4, 0.5) is 13.2 Å². The number of halogens is 4. The molecule has 0 saturated heterocycles. The summed E-state index contributed by atoms with van der Waals surface area (Å²) >= 11 is 2.15. The number of esters is 1. The Morgan fingerprint density at radius 2 is 1.72 bits per heavy atom. The van der Waals surface area contributed by atoms with Crippen molar-refractivity contribution < 1.29 is 41.0 Å². The summed E-state index contributed by atoms with van der Waals surface area (Å²) < 4.78 is 59.8. The third-order valence-corrected chi connectivity index (χ3v) is 5.69. The number of sulfone groups is 1. The lowest BCUT2D eigenvalue weighted by atomic mass is 10.1. The fourth-order valence-corrected chi connectivity index (χ4v) is 2.90. The molecule has 0 aromatic rings. The lowest BCUT2D eigenvalue weighted by Gasteiger charge is -2.31. The second kappa shape index (κ2) is 5.03. The number of hydrogen-bond donors (Lipinski definition) is 0. The first kappa shape index (κ1) is 17.2. The van der Waals surface area contributed by atoms with E-state index in [4.69, 9.17) is 0 Å².